The number of ether oxygens (including phenoxy) is 3. The fraction of sp³-hybridized carbons (Fsp3) is 0.714. The van der Waals surface area contributed by atoms with E-state index in [4.69, 9.17) is 14.2 Å². The van der Waals surface area contributed by atoms with Crippen LogP contribution in [0.1, 0.15) is 82.6 Å². The number of hydrogen-bond donors (Lipinski definition) is 0. The van der Waals surface area contributed by atoms with Gasteiger partial charge in [0.05, 0.1) is 19.8 Å². The van der Waals surface area contributed by atoms with Gasteiger partial charge in [-0.25, -0.2) is 4.39 Å². The van der Waals surface area contributed by atoms with Crippen LogP contribution in [0, 0.1) is 35.3 Å². The lowest BCUT2D eigenvalue weighted by Crippen LogP contribution is -2.31. The molecule has 0 amide bonds. The van der Waals surface area contributed by atoms with Crippen molar-refractivity contribution in [3.8, 4) is 5.75 Å². The Morgan fingerprint density at radius 1 is 0.939 bits per heavy atom. The summed E-state index contributed by atoms with van der Waals surface area (Å²) in [4.78, 5) is 0. The van der Waals surface area contributed by atoms with Crippen molar-refractivity contribution >= 4 is 0 Å². The highest BCUT2D eigenvalue weighted by molar-refractivity contribution is 5.33. The lowest BCUT2D eigenvalue weighted by Gasteiger charge is -2.38. The van der Waals surface area contributed by atoms with Crippen molar-refractivity contribution in [2.45, 2.75) is 83.3 Å². The van der Waals surface area contributed by atoms with Crippen LogP contribution in [0.2, 0.25) is 0 Å². The van der Waals surface area contributed by atoms with Gasteiger partial charge in [0.15, 0.2) is 17.9 Å². The fourth-order valence-corrected chi connectivity index (χ4v) is 6.15. The van der Waals surface area contributed by atoms with Gasteiger partial charge in [-0.05, 0) is 106 Å². The van der Waals surface area contributed by atoms with Crippen LogP contribution in [-0.4, -0.2) is 26.1 Å². The summed E-state index contributed by atoms with van der Waals surface area (Å²) in [5, 5.41) is 0. The third kappa shape index (κ3) is 6.16. The molecule has 4 rings (SSSR count). The molecule has 2 saturated carbocycles. The first kappa shape index (κ1) is 24.7. The molecule has 1 saturated heterocycles. The Kier molecular flexibility index (Phi) is 8.81. The minimum Gasteiger partial charge on any atom is -0.491 e. The summed E-state index contributed by atoms with van der Waals surface area (Å²) in [5.74, 6) is 1.26. The molecule has 3 aliphatic rings. The highest BCUT2D eigenvalue weighted by atomic mass is 19.2. The Balaban J connectivity index is 1.17. The number of hydrogen-bond acceptors (Lipinski definition) is 3. The average molecular weight is 463 g/mol. The molecular weight excluding hydrogens is 422 g/mol. The van der Waals surface area contributed by atoms with Gasteiger partial charge in [0, 0.05) is 5.92 Å². The highest BCUT2D eigenvalue weighted by Crippen LogP contribution is 2.42. The largest absolute Gasteiger partial charge is 0.491 e. The van der Waals surface area contributed by atoms with Crippen LogP contribution in [0.5, 0.6) is 5.75 Å². The van der Waals surface area contributed by atoms with Gasteiger partial charge in [-0.15, -0.1) is 6.58 Å². The molecule has 0 spiro atoms. The maximum absolute atomic E-state index is 14.5. The monoisotopic (exact) mass is 462 g/mol. The summed E-state index contributed by atoms with van der Waals surface area (Å²) in [6.07, 6.45) is 13.9. The molecule has 5 heteroatoms. The van der Waals surface area contributed by atoms with E-state index in [0.717, 1.165) is 30.8 Å². The zero-order chi connectivity index (χ0) is 23.2. The molecule has 0 radical (unpaired) electrons. The number of benzene rings is 1. The Morgan fingerprint density at radius 3 is 2.24 bits per heavy atom. The van der Waals surface area contributed by atoms with Gasteiger partial charge in [-0.3, -0.25) is 0 Å². The third-order valence-electron chi connectivity index (χ3n) is 8.28. The standard InChI is InChI=1S/C28H40F2O3/c1-3-19-5-9-21(10-6-19)22-11-7-20(8-12-22)17-32-26-16-13-23(18-33-26)24-14-15-25(31-4-2)28(30)27(24)29/h3,14-15,19-23,26H,1,4-13,16-18H2,2H3. The zero-order valence-corrected chi connectivity index (χ0v) is 20.1. The van der Waals surface area contributed by atoms with Crippen molar-refractivity contribution in [2.75, 3.05) is 19.8 Å². The van der Waals surface area contributed by atoms with E-state index < -0.39 is 11.6 Å². The van der Waals surface area contributed by atoms with Crippen LogP contribution >= 0.6 is 0 Å². The molecule has 1 aromatic carbocycles. The molecule has 1 heterocycles. The third-order valence-corrected chi connectivity index (χ3v) is 8.28. The second kappa shape index (κ2) is 11.8. The van der Waals surface area contributed by atoms with Crippen LogP contribution in [0.25, 0.3) is 0 Å². The Morgan fingerprint density at radius 2 is 1.64 bits per heavy atom. The van der Waals surface area contributed by atoms with Gasteiger partial charge in [-0.2, -0.15) is 4.39 Å². The minimum atomic E-state index is -0.905. The first-order chi connectivity index (χ1) is 16.1. The van der Waals surface area contributed by atoms with E-state index in [-0.39, 0.29) is 18.0 Å². The predicted octanol–water partition coefficient (Wildman–Crippen LogP) is 7.40. The maximum atomic E-state index is 14.5. The van der Waals surface area contributed by atoms with Crippen LogP contribution in [0.15, 0.2) is 24.8 Å². The molecule has 2 atom stereocenters. The molecule has 1 aliphatic heterocycles. The molecule has 0 bridgehead atoms. The first-order valence-corrected chi connectivity index (χ1v) is 13.0. The van der Waals surface area contributed by atoms with Gasteiger partial charge >= 0.3 is 0 Å². The SMILES string of the molecule is C=CC1CCC(C2CCC(COC3CCC(c4ccc(OCC)c(F)c4F)CO3)CC2)CC1. The highest BCUT2D eigenvalue weighted by Gasteiger charge is 2.32. The predicted molar refractivity (Wildman–Crippen MR) is 126 cm³/mol. The summed E-state index contributed by atoms with van der Waals surface area (Å²) in [6, 6.07) is 3.14. The van der Waals surface area contributed by atoms with Crippen LogP contribution < -0.4 is 4.74 Å². The number of rotatable bonds is 8. The minimum absolute atomic E-state index is 0.0316. The summed E-state index contributed by atoms with van der Waals surface area (Å²) >= 11 is 0. The smallest absolute Gasteiger partial charge is 0.200 e. The van der Waals surface area contributed by atoms with E-state index in [1.165, 1.54) is 57.4 Å². The first-order valence-electron chi connectivity index (χ1n) is 13.0. The summed E-state index contributed by atoms with van der Waals surface area (Å²) in [6.45, 7) is 7.13. The van der Waals surface area contributed by atoms with E-state index in [9.17, 15) is 8.78 Å². The van der Waals surface area contributed by atoms with Gasteiger partial charge < -0.3 is 14.2 Å². The second-order valence-corrected chi connectivity index (χ2v) is 10.3. The van der Waals surface area contributed by atoms with Gasteiger partial charge in [-0.1, -0.05) is 12.1 Å². The zero-order valence-electron chi connectivity index (χ0n) is 20.1. The molecule has 3 nitrogen and oxygen atoms in total. The van der Waals surface area contributed by atoms with Gasteiger partial charge in [0.1, 0.15) is 0 Å². The topological polar surface area (TPSA) is 27.7 Å². The van der Waals surface area contributed by atoms with Gasteiger partial charge in [0.2, 0.25) is 5.82 Å². The number of allylic oxidation sites excluding steroid dienone is 1. The Labute approximate surface area is 197 Å². The van der Waals surface area contributed by atoms with Crippen LogP contribution in [-0.2, 0) is 9.47 Å². The van der Waals surface area contributed by atoms with Crippen LogP contribution in [0.4, 0.5) is 8.78 Å². The Bertz CT molecular complexity index is 759. The molecule has 184 valence electrons. The number of halogens is 2. The summed E-state index contributed by atoms with van der Waals surface area (Å²) in [5.41, 5.74) is 0.370. The van der Waals surface area contributed by atoms with Crippen molar-refractivity contribution in [3.05, 3.63) is 42.0 Å². The van der Waals surface area contributed by atoms with Crippen molar-refractivity contribution in [1.29, 1.82) is 0 Å². The molecule has 33 heavy (non-hydrogen) atoms. The molecule has 3 fully saturated rings. The molecule has 1 aromatic rings. The Hall–Kier alpha value is -1.46. The summed E-state index contributed by atoms with van der Waals surface area (Å²) in [7, 11) is 0. The van der Waals surface area contributed by atoms with E-state index >= 15 is 0 Å². The lowest BCUT2D eigenvalue weighted by molar-refractivity contribution is -0.175. The maximum Gasteiger partial charge on any atom is 0.200 e. The van der Waals surface area contributed by atoms with E-state index in [2.05, 4.69) is 12.7 Å². The normalized spacial score (nSPS) is 32.9. The van der Waals surface area contributed by atoms with Crippen molar-refractivity contribution in [2.24, 2.45) is 23.7 Å². The molecule has 0 aromatic heterocycles. The summed E-state index contributed by atoms with van der Waals surface area (Å²) < 4.78 is 45.9. The quantitative estimate of drug-likeness (QED) is 0.377. The average Bonchev–Trinajstić information content (AvgIpc) is 2.87. The lowest BCUT2D eigenvalue weighted by atomic mass is 9.69. The van der Waals surface area contributed by atoms with Crippen molar-refractivity contribution < 1.29 is 23.0 Å². The van der Waals surface area contributed by atoms with E-state index in [0.29, 0.717) is 31.1 Å². The van der Waals surface area contributed by atoms with E-state index in [1.807, 2.05) is 0 Å². The van der Waals surface area contributed by atoms with Crippen LogP contribution in [0.3, 0.4) is 0 Å². The van der Waals surface area contributed by atoms with Gasteiger partial charge in [0.25, 0.3) is 0 Å². The fourth-order valence-electron chi connectivity index (χ4n) is 6.15. The van der Waals surface area contributed by atoms with E-state index in [1.54, 1.807) is 13.0 Å². The molecule has 2 aliphatic carbocycles. The molecule has 0 N–H and O–H groups in total. The second-order valence-electron chi connectivity index (χ2n) is 10.3. The van der Waals surface area contributed by atoms with Crippen molar-refractivity contribution in [1.82, 2.24) is 0 Å². The molecule has 2 unspecified atom stereocenters. The van der Waals surface area contributed by atoms with Crippen molar-refractivity contribution in [3.63, 3.8) is 0 Å². The molecular formula is C28H40F2O3.